The Labute approximate surface area is 245 Å². The van der Waals surface area contributed by atoms with Crippen LogP contribution in [-0.2, 0) is 0 Å². The van der Waals surface area contributed by atoms with Crippen molar-refractivity contribution >= 4 is 32.8 Å². The Morgan fingerprint density at radius 1 is 0.619 bits per heavy atom. The predicted molar refractivity (Wildman–Crippen MR) is 174 cm³/mol. The molecule has 0 saturated carbocycles. The average molecular weight is 552 g/mol. The monoisotopic (exact) mass is 551 g/mol. The predicted octanol–water partition coefficient (Wildman–Crippen LogP) is 10.5. The zero-order chi connectivity index (χ0) is 29.1. The van der Waals surface area contributed by atoms with E-state index in [0.29, 0.717) is 0 Å². The minimum atomic E-state index is -0.223. The van der Waals surface area contributed by atoms with Gasteiger partial charge in [0.05, 0.1) is 27.8 Å². The molecule has 0 N–H and O–H groups in total. The van der Waals surface area contributed by atoms with E-state index in [1.165, 1.54) is 38.7 Å². The summed E-state index contributed by atoms with van der Waals surface area (Å²) in [4.78, 5) is 5.35. The average Bonchev–Trinajstić information content (AvgIpc) is 3.53. The van der Waals surface area contributed by atoms with Crippen molar-refractivity contribution in [3.05, 3.63) is 126 Å². The van der Waals surface area contributed by atoms with Crippen molar-refractivity contribution in [2.75, 3.05) is 0 Å². The Bertz CT molecular complexity index is 2080. The van der Waals surface area contributed by atoms with Gasteiger partial charge >= 0.3 is 0 Å². The van der Waals surface area contributed by atoms with E-state index < -0.39 is 0 Å². The van der Waals surface area contributed by atoms with Crippen LogP contribution in [0.25, 0.3) is 55.6 Å². The smallest absolute Gasteiger partial charge is 0.220 e. The van der Waals surface area contributed by atoms with Crippen LogP contribution in [-0.4, -0.2) is 14.1 Å². The summed E-state index contributed by atoms with van der Waals surface area (Å²) >= 11 is 0. The summed E-state index contributed by atoms with van der Waals surface area (Å²) in [7, 11) is 0. The Morgan fingerprint density at radius 2 is 1.24 bits per heavy atom. The quantitative estimate of drug-likeness (QED) is 0.209. The van der Waals surface area contributed by atoms with Crippen LogP contribution < -0.4 is 0 Å². The molecule has 0 unspecified atom stereocenters. The van der Waals surface area contributed by atoms with Gasteiger partial charge < -0.3 is 0 Å². The van der Waals surface area contributed by atoms with Gasteiger partial charge in [0, 0.05) is 10.8 Å². The molecule has 3 nitrogen and oxygen atoms in total. The summed E-state index contributed by atoms with van der Waals surface area (Å²) in [5.41, 5.74) is 11.3. The fraction of sp³-hybridized carbons (Fsp3) is 0.184. The zero-order valence-electron chi connectivity index (χ0n) is 24.7. The van der Waals surface area contributed by atoms with Gasteiger partial charge in [-0.1, -0.05) is 88.4 Å². The molecule has 0 aliphatic rings. The molecule has 7 rings (SSSR count). The molecule has 0 amide bonds. The molecular formula is C38H34FN3. The maximum absolute atomic E-state index is 13.8. The standard InChI is InChI=1S/C38H34FN3/c1-23(2)31-21-27(26-17-19-28(39)20-18-26)22-32(24(3)4)37(31)42-35-16-9-7-14-33(35)40-38(42)41-34-15-8-6-12-29(34)30-13-10-11-25(5)36(30)41/h6-24H,1-5H3. The number of hydrogen-bond acceptors (Lipinski definition) is 1. The van der Waals surface area contributed by atoms with E-state index in [9.17, 15) is 4.39 Å². The number of halogens is 1. The minimum absolute atomic E-state index is 0.223. The van der Waals surface area contributed by atoms with Crippen LogP contribution in [0.2, 0.25) is 0 Å². The number of rotatable bonds is 5. The molecule has 0 aliphatic carbocycles. The molecule has 0 atom stereocenters. The lowest BCUT2D eigenvalue weighted by Crippen LogP contribution is -2.12. The van der Waals surface area contributed by atoms with E-state index in [1.54, 1.807) is 12.1 Å². The number of aromatic nitrogens is 3. The molecule has 0 spiro atoms. The molecule has 0 fully saturated rings. The summed E-state index contributed by atoms with van der Waals surface area (Å²) in [6.45, 7) is 11.2. The lowest BCUT2D eigenvalue weighted by Gasteiger charge is -2.24. The highest BCUT2D eigenvalue weighted by atomic mass is 19.1. The number of imidazole rings is 1. The van der Waals surface area contributed by atoms with Gasteiger partial charge in [-0.3, -0.25) is 9.13 Å². The number of benzene rings is 5. The third-order valence-electron chi connectivity index (χ3n) is 8.45. The van der Waals surface area contributed by atoms with Gasteiger partial charge in [-0.2, -0.15) is 0 Å². The third kappa shape index (κ3) is 4.05. The maximum Gasteiger partial charge on any atom is 0.220 e. The molecule has 0 bridgehead atoms. The third-order valence-corrected chi connectivity index (χ3v) is 8.45. The van der Waals surface area contributed by atoms with E-state index in [1.807, 2.05) is 12.1 Å². The molecule has 42 heavy (non-hydrogen) atoms. The van der Waals surface area contributed by atoms with Crippen LogP contribution in [0.1, 0.15) is 56.2 Å². The summed E-state index contributed by atoms with van der Waals surface area (Å²) in [6.07, 6.45) is 0. The highest BCUT2D eigenvalue weighted by Gasteiger charge is 2.25. The molecule has 0 saturated heterocycles. The van der Waals surface area contributed by atoms with Crippen molar-refractivity contribution in [1.82, 2.24) is 14.1 Å². The number of aryl methyl sites for hydroxylation is 1. The van der Waals surface area contributed by atoms with Crippen molar-refractivity contribution in [2.45, 2.75) is 46.5 Å². The van der Waals surface area contributed by atoms with Gasteiger partial charge in [-0.25, -0.2) is 9.37 Å². The number of hydrogen-bond donors (Lipinski definition) is 0. The van der Waals surface area contributed by atoms with Crippen LogP contribution in [0.3, 0.4) is 0 Å². The first-order valence-corrected chi connectivity index (χ1v) is 14.7. The van der Waals surface area contributed by atoms with Crippen molar-refractivity contribution in [3.8, 4) is 22.8 Å². The summed E-state index contributed by atoms with van der Waals surface area (Å²) in [6, 6.07) is 35.0. The van der Waals surface area contributed by atoms with Crippen LogP contribution in [0.5, 0.6) is 0 Å². The second kappa shape index (κ2) is 9.99. The van der Waals surface area contributed by atoms with E-state index in [4.69, 9.17) is 4.98 Å². The molecule has 0 aliphatic heterocycles. The second-order valence-electron chi connectivity index (χ2n) is 11.9. The highest BCUT2D eigenvalue weighted by molar-refractivity contribution is 6.10. The van der Waals surface area contributed by atoms with Crippen molar-refractivity contribution in [2.24, 2.45) is 0 Å². The Hall–Kier alpha value is -4.70. The van der Waals surface area contributed by atoms with Gasteiger partial charge in [0.1, 0.15) is 5.82 Å². The van der Waals surface area contributed by atoms with Crippen molar-refractivity contribution < 1.29 is 4.39 Å². The second-order valence-corrected chi connectivity index (χ2v) is 11.9. The van der Waals surface area contributed by atoms with E-state index >= 15 is 0 Å². The largest absolute Gasteiger partial charge is 0.279 e. The van der Waals surface area contributed by atoms with Crippen molar-refractivity contribution in [1.29, 1.82) is 0 Å². The zero-order valence-corrected chi connectivity index (χ0v) is 24.7. The maximum atomic E-state index is 13.8. The summed E-state index contributed by atoms with van der Waals surface area (Å²) < 4.78 is 18.6. The van der Waals surface area contributed by atoms with E-state index in [2.05, 4.69) is 123 Å². The van der Waals surface area contributed by atoms with Gasteiger partial charge in [0.25, 0.3) is 0 Å². The Balaban J connectivity index is 1.64. The lowest BCUT2D eigenvalue weighted by molar-refractivity contribution is 0.628. The van der Waals surface area contributed by atoms with Crippen LogP contribution in [0, 0.1) is 12.7 Å². The normalized spacial score (nSPS) is 12.0. The van der Waals surface area contributed by atoms with Crippen molar-refractivity contribution in [3.63, 3.8) is 0 Å². The van der Waals surface area contributed by atoms with Crippen LogP contribution in [0.15, 0.2) is 103 Å². The molecule has 0 radical (unpaired) electrons. The molecule has 5 aromatic carbocycles. The van der Waals surface area contributed by atoms with Crippen LogP contribution >= 0.6 is 0 Å². The minimum Gasteiger partial charge on any atom is -0.279 e. The number of nitrogens with zero attached hydrogens (tertiary/aromatic N) is 3. The molecule has 7 aromatic rings. The van der Waals surface area contributed by atoms with Crippen LogP contribution in [0.4, 0.5) is 4.39 Å². The van der Waals surface area contributed by atoms with Gasteiger partial charge in [-0.15, -0.1) is 0 Å². The fourth-order valence-electron chi connectivity index (χ4n) is 6.41. The molecular weight excluding hydrogens is 517 g/mol. The van der Waals surface area contributed by atoms with Gasteiger partial charge in [0.15, 0.2) is 0 Å². The van der Waals surface area contributed by atoms with Gasteiger partial charge in [-0.05, 0) is 89.0 Å². The fourth-order valence-corrected chi connectivity index (χ4v) is 6.41. The first kappa shape index (κ1) is 26.2. The first-order chi connectivity index (χ1) is 20.3. The summed E-state index contributed by atoms with van der Waals surface area (Å²) in [5.74, 6) is 1.15. The topological polar surface area (TPSA) is 22.8 Å². The van der Waals surface area contributed by atoms with Gasteiger partial charge in [0.2, 0.25) is 5.95 Å². The van der Waals surface area contributed by atoms with E-state index in [0.717, 1.165) is 33.6 Å². The highest BCUT2D eigenvalue weighted by Crippen LogP contribution is 2.41. The Morgan fingerprint density at radius 3 is 1.93 bits per heavy atom. The van der Waals surface area contributed by atoms with E-state index in [-0.39, 0.29) is 17.7 Å². The number of para-hydroxylation sites is 4. The first-order valence-electron chi connectivity index (χ1n) is 14.7. The number of fused-ring (bicyclic) bond motifs is 4. The molecule has 4 heteroatoms. The molecule has 2 heterocycles. The summed E-state index contributed by atoms with van der Waals surface area (Å²) in [5, 5.41) is 2.44. The Kier molecular flexibility index (Phi) is 6.23. The SMILES string of the molecule is Cc1cccc2c3ccccc3n(-c3nc4ccccc4n3-c3c(C(C)C)cc(-c4ccc(F)cc4)cc3C(C)C)c12. The molecule has 208 valence electrons. The molecule has 2 aromatic heterocycles. The lowest BCUT2D eigenvalue weighted by atomic mass is 9.88.